The van der Waals surface area contributed by atoms with Crippen molar-refractivity contribution in [2.24, 2.45) is 0 Å². The normalized spacial score (nSPS) is 16.6. The second-order valence-corrected chi connectivity index (χ2v) is 8.62. The molecule has 0 radical (unpaired) electrons. The molecule has 1 amide bonds. The number of nitriles is 1. The summed E-state index contributed by atoms with van der Waals surface area (Å²) in [7, 11) is 1.75. The fraction of sp³-hybridized carbons (Fsp3) is 0.476. The van der Waals surface area contributed by atoms with Crippen molar-refractivity contribution < 1.29 is 4.79 Å². The van der Waals surface area contributed by atoms with Crippen molar-refractivity contribution in [3.63, 3.8) is 0 Å². The molecular weight excluding hydrogens is 384 g/mol. The third-order valence-corrected chi connectivity index (χ3v) is 6.51. The lowest BCUT2D eigenvalue weighted by molar-refractivity contribution is -0.133. The van der Waals surface area contributed by atoms with Crippen LogP contribution >= 0.6 is 11.8 Å². The standard InChI is InChI=1S/C21H26N6OS/c1-4-13-27-18(17-9-8-12-23-14-17)24-25-20(27)29-16(2)19(28)26(3)21(15-22)10-6-5-7-11-21/h4,8-9,12,14,16H,1,5-7,10-11,13H2,2-3H3/t16-/m1/s1. The van der Waals surface area contributed by atoms with Crippen LogP contribution < -0.4 is 0 Å². The van der Waals surface area contributed by atoms with Crippen LogP contribution in [0.2, 0.25) is 0 Å². The summed E-state index contributed by atoms with van der Waals surface area (Å²) in [6.07, 6.45) is 9.78. The molecule has 0 spiro atoms. The first-order valence-electron chi connectivity index (χ1n) is 9.82. The largest absolute Gasteiger partial charge is 0.326 e. The first-order valence-corrected chi connectivity index (χ1v) is 10.7. The number of amides is 1. The number of rotatable bonds is 7. The summed E-state index contributed by atoms with van der Waals surface area (Å²) in [5, 5.41) is 18.7. The Balaban J connectivity index is 1.80. The SMILES string of the molecule is C=CCn1c(S[C@H](C)C(=O)N(C)C2(C#N)CCCCC2)nnc1-c1cccnc1. The summed E-state index contributed by atoms with van der Waals surface area (Å²) in [4.78, 5) is 18.9. The lowest BCUT2D eigenvalue weighted by atomic mass is 9.81. The van der Waals surface area contributed by atoms with Crippen LogP contribution in [0.5, 0.6) is 0 Å². The molecule has 1 atom stereocenters. The van der Waals surface area contributed by atoms with Crippen molar-refractivity contribution in [2.75, 3.05) is 7.05 Å². The van der Waals surface area contributed by atoms with Gasteiger partial charge in [0.15, 0.2) is 11.0 Å². The van der Waals surface area contributed by atoms with Crippen molar-refractivity contribution in [3.05, 3.63) is 37.2 Å². The Kier molecular flexibility index (Phi) is 6.70. The highest BCUT2D eigenvalue weighted by atomic mass is 32.2. The highest BCUT2D eigenvalue weighted by Gasteiger charge is 2.40. The van der Waals surface area contributed by atoms with E-state index in [0.29, 0.717) is 17.5 Å². The molecule has 7 nitrogen and oxygen atoms in total. The molecule has 0 saturated heterocycles. The topological polar surface area (TPSA) is 87.7 Å². The quantitative estimate of drug-likeness (QED) is 0.511. The van der Waals surface area contributed by atoms with Crippen LogP contribution in [0.1, 0.15) is 39.0 Å². The molecule has 1 aliphatic carbocycles. The molecule has 3 rings (SSSR count). The van der Waals surface area contributed by atoms with E-state index in [2.05, 4.69) is 27.8 Å². The molecule has 0 unspecified atom stereocenters. The van der Waals surface area contributed by atoms with Crippen molar-refractivity contribution in [1.29, 1.82) is 5.26 Å². The molecule has 29 heavy (non-hydrogen) atoms. The summed E-state index contributed by atoms with van der Waals surface area (Å²) in [5.74, 6) is 0.629. The second-order valence-electron chi connectivity index (χ2n) is 7.31. The molecule has 2 aromatic rings. The van der Waals surface area contributed by atoms with Crippen LogP contribution in [0.25, 0.3) is 11.4 Å². The highest BCUT2D eigenvalue weighted by molar-refractivity contribution is 8.00. The minimum atomic E-state index is -0.695. The Morgan fingerprint density at radius 2 is 2.21 bits per heavy atom. The van der Waals surface area contributed by atoms with E-state index < -0.39 is 5.54 Å². The van der Waals surface area contributed by atoms with Gasteiger partial charge in [-0.25, -0.2) is 0 Å². The molecule has 2 heterocycles. The van der Waals surface area contributed by atoms with Gasteiger partial charge >= 0.3 is 0 Å². The molecule has 0 N–H and O–H groups in total. The molecule has 8 heteroatoms. The summed E-state index contributed by atoms with van der Waals surface area (Å²) in [6, 6.07) is 6.19. The van der Waals surface area contributed by atoms with Gasteiger partial charge in [0.2, 0.25) is 5.91 Å². The minimum absolute atomic E-state index is 0.0606. The van der Waals surface area contributed by atoms with Gasteiger partial charge in [-0.05, 0) is 31.9 Å². The first-order chi connectivity index (χ1) is 14.0. The number of thioether (sulfide) groups is 1. The molecule has 0 bridgehead atoms. The predicted molar refractivity (Wildman–Crippen MR) is 113 cm³/mol. The Labute approximate surface area is 175 Å². The van der Waals surface area contributed by atoms with Crippen molar-refractivity contribution >= 4 is 17.7 Å². The molecule has 152 valence electrons. The fourth-order valence-electron chi connectivity index (χ4n) is 3.73. The molecule has 1 fully saturated rings. The first kappa shape index (κ1) is 21.1. The number of carbonyl (C=O) groups excluding carboxylic acids is 1. The van der Waals surface area contributed by atoms with Gasteiger partial charge in [-0.2, -0.15) is 5.26 Å². The van der Waals surface area contributed by atoms with Gasteiger partial charge in [-0.1, -0.05) is 37.1 Å². The maximum Gasteiger partial charge on any atom is 0.236 e. The van der Waals surface area contributed by atoms with Gasteiger partial charge in [-0.3, -0.25) is 14.3 Å². The van der Waals surface area contributed by atoms with Gasteiger partial charge in [0.05, 0.1) is 11.3 Å². The summed E-state index contributed by atoms with van der Waals surface area (Å²) < 4.78 is 1.93. The van der Waals surface area contributed by atoms with E-state index in [-0.39, 0.29) is 11.2 Å². The second kappa shape index (κ2) is 9.23. The van der Waals surface area contributed by atoms with E-state index in [9.17, 15) is 10.1 Å². The van der Waals surface area contributed by atoms with E-state index in [4.69, 9.17) is 0 Å². The van der Waals surface area contributed by atoms with Crippen LogP contribution in [0.3, 0.4) is 0 Å². The third kappa shape index (κ3) is 4.35. The summed E-state index contributed by atoms with van der Waals surface area (Å²) >= 11 is 1.36. The number of nitrogens with zero attached hydrogens (tertiary/aromatic N) is 6. The Bertz CT molecular complexity index is 898. The number of aromatic nitrogens is 4. The number of pyridine rings is 1. The van der Waals surface area contributed by atoms with E-state index in [1.54, 1.807) is 30.4 Å². The average molecular weight is 411 g/mol. The van der Waals surface area contributed by atoms with E-state index >= 15 is 0 Å². The van der Waals surface area contributed by atoms with Crippen molar-refractivity contribution in [3.8, 4) is 17.5 Å². The molecule has 0 aliphatic heterocycles. The van der Waals surface area contributed by atoms with Gasteiger partial charge in [0, 0.05) is 31.5 Å². The van der Waals surface area contributed by atoms with Crippen LogP contribution in [-0.4, -0.2) is 48.4 Å². The lowest BCUT2D eigenvalue weighted by Gasteiger charge is -2.40. The van der Waals surface area contributed by atoms with Gasteiger partial charge in [0.1, 0.15) is 5.54 Å². The van der Waals surface area contributed by atoms with Crippen molar-refractivity contribution in [2.45, 2.75) is 61.5 Å². The van der Waals surface area contributed by atoms with Crippen LogP contribution in [0.4, 0.5) is 0 Å². The number of hydrogen-bond donors (Lipinski definition) is 0. The summed E-state index contributed by atoms with van der Waals surface area (Å²) in [5.41, 5.74) is 0.162. The lowest BCUT2D eigenvalue weighted by Crippen LogP contribution is -2.52. The zero-order chi connectivity index (χ0) is 20.9. The predicted octanol–water partition coefficient (Wildman–Crippen LogP) is 3.69. The average Bonchev–Trinajstić information content (AvgIpc) is 3.16. The maximum absolute atomic E-state index is 13.1. The summed E-state index contributed by atoms with van der Waals surface area (Å²) in [6.45, 7) is 6.20. The number of carbonyl (C=O) groups is 1. The molecular formula is C21H26N6OS. The molecule has 0 aromatic carbocycles. The monoisotopic (exact) mass is 410 g/mol. The fourth-order valence-corrected chi connectivity index (χ4v) is 4.68. The Morgan fingerprint density at radius 1 is 1.45 bits per heavy atom. The van der Waals surface area contributed by atoms with Gasteiger partial charge in [-0.15, -0.1) is 16.8 Å². The molecule has 2 aromatic heterocycles. The van der Waals surface area contributed by atoms with Crippen LogP contribution in [0, 0.1) is 11.3 Å². The number of hydrogen-bond acceptors (Lipinski definition) is 6. The van der Waals surface area contributed by atoms with E-state index in [0.717, 1.165) is 37.7 Å². The highest BCUT2D eigenvalue weighted by Crippen LogP contribution is 2.34. The Hall–Kier alpha value is -2.66. The zero-order valence-electron chi connectivity index (χ0n) is 16.9. The van der Waals surface area contributed by atoms with Crippen molar-refractivity contribution in [1.82, 2.24) is 24.6 Å². The van der Waals surface area contributed by atoms with E-state index in [1.807, 2.05) is 23.6 Å². The smallest absolute Gasteiger partial charge is 0.236 e. The minimum Gasteiger partial charge on any atom is -0.326 e. The Morgan fingerprint density at radius 3 is 2.83 bits per heavy atom. The van der Waals surface area contributed by atoms with Gasteiger partial charge < -0.3 is 4.90 Å². The van der Waals surface area contributed by atoms with Gasteiger partial charge in [0.25, 0.3) is 0 Å². The van der Waals surface area contributed by atoms with Crippen LogP contribution in [0.15, 0.2) is 42.3 Å². The van der Waals surface area contributed by atoms with Crippen LogP contribution in [-0.2, 0) is 11.3 Å². The third-order valence-electron chi connectivity index (χ3n) is 5.44. The number of allylic oxidation sites excluding steroid dienone is 1. The maximum atomic E-state index is 13.1. The van der Waals surface area contributed by atoms with E-state index in [1.165, 1.54) is 11.8 Å². The molecule has 1 saturated carbocycles. The zero-order valence-corrected chi connectivity index (χ0v) is 17.7. The molecule has 1 aliphatic rings.